The largest absolute Gasteiger partial charge is 0.530 e. The number of benzene rings is 1. The summed E-state index contributed by atoms with van der Waals surface area (Å²) in [6, 6.07) is 9.65. The van der Waals surface area contributed by atoms with Gasteiger partial charge in [0.1, 0.15) is 27.5 Å². The van der Waals surface area contributed by atoms with Crippen LogP contribution < -0.4 is 15.3 Å². The maximum Gasteiger partial charge on any atom is 0.215 e. The van der Waals surface area contributed by atoms with Gasteiger partial charge in [-0.15, -0.1) is 23.1 Å². The van der Waals surface area contributed by atoms with Crippen molar-refractivity contribution in [3.8, 4) is 0 Å². The van der Waals surface area contributed by atoms with E-state index in [1.807, 2.05) is 0 Å². The predicted molar refractivity (Wildman–Crippen MR) is 95.9 cm³/mol. The molecular weight excluding hydrogens is 396 g/mol. The summed E-state index contributed by atoms with van der Waals surface area (Å²) in [4.78, 5) is 15.0. The number of thiophene rings is 1. The van der Waals surface area contributed by atoms with Crippen LogP contribution in [-0.4, -0.2) is 26.8 Å². The van der Waals surface area contributed by atoms with Gasteiger partial charge in [-0.25, -0.2) is 8.42 Å². The first-order valence-corrected chi connectivity index (χ1v) is 10.8. The molecule has 0 radical (unpaired) electrons. The van der Waals surface area contributed by atoms with E-state index >= 15 is 0 Å². The van der Waals surface area contributed by atoms with E-state index in [1.165, 1.54) is 6.07 Å². The normalized spacial score (nSPS) is 10.9. The Morgan fingerprint density at radius 3 is 2.65 bits per heavy atom. The van der Waals surface area contributed by atoms with Crippen molar-refractivity contribution in [2.75, 3.05) is 12.3 Å². The minimum Gasteiger partial charge on any atom is -0.530 e. The molecule has 1 amide bonds. The van der Waals surface area contributed by atoms with Crippen molar-refractivity contribution >= 4 is 39.0 Å². The van der Waals surface area contributed by atoms with E-state index in [-0.39, 0.29) is 15.6 Å². The molecule has 0 saturated heterocycles. The van der Waals surface area contributed by atoms with Crippen molar-refractivity contribution < 1.29 is 18.3 Å². The van der Waals surface area contributed by atoms with Gasteiger partial charge in [0.2, 0.25) is 14.7 Å². The van der Waals surface area contributed by atoms with E-state index in [2.05, 4.69) is 15.3 Å². The first-order chi connectivity index (χ1) is 12.4. The highest BCUT2D eigenvalue weighted by molar-refractivity contribution is 7.99. The number of carboxylic acid groups (broad SMARTS) is 1. The minimum atomic E-state index is -3.64. The molecular formula is C15H16N4O4S3. The number of hydrogen-bond acceptors (Lipinski definition) is 8. The molecule has 1 aromatic heterocycles. The number of carbonyl (C=O) groups excluding carboxylic acids is 1. The number of sulfone groups is 1. The average molecular weight is 413 g/mol. The summed E-state index contributed by atoms with van der Waals surface area (Å²) in [5.74, 6) is 0.796. The van der Waals surface area contributed by atoms with Gasteiger partial charge in [-0.1, -0.05) is 0 Å². The zero-order valence-electron chi connectivity index (χ0n) is 13.5. The van der Waals surface area contributed by atoms with E-state index in [0.29, 0.717) is 11.4 Å². The van der Waals surface area contributed by atoms with E-state index < -0.39 is 15.9 Å². The van der Waals surface area contributed by atoms with Crippen molar-refractivity contribution in [1.82, 2.24) is 10.2 Å². The van der Waals surface area contributed by atoms with Gasteiger partial charge in [-0.2, -0.15) is 0 Å². The van der Waals surface area contributed by atoms with Crippen LogP contribution >= 0.6 is 23.1 Å². The summed E-state index contributed by atoms with van der Waals surface area (Å²) >= 11 is 2.60. The van der Waals surface area contributed by atoms with Crippen LogP contribution in [0.15, 0.2) is 55.5 Å². The maximum absolute atomic E-state index is 12.6. The second-order valence-electron chi connectivity index (χ2n) is 5.00. The molecule has 0 bridgehead atoms. The third kappa shape index (κ3) is 5.67. The molecule has 8 nitrogen and oxygen atoms in total. The summed E-state index contributed by atoms with van der Waals surface area (Å²) in [7, 11) is -3.64. The number of carbonyl (C=O) groups is 1. The molecule has 0 saturated carbocycles. The molecule has 0 fully saturated rings. The van der Waals surface area contributed by atoms with Crippen LogP contribution in [0.3, 0.4) is 0 Å². The number of rotatable bonds is 9. The highest BCUT2D eigenvalue weighted by atomic mass is 32.2. The Hall–Kier alpha value is -2.20. The van der Waals surface area contributed by atoms with Gasteiger partial charge < -0.3 is 15.2 Å². The van der Waals surface area contributed by atoms with Crippen molar-refractivity contribution in [3.63, 3.8) is 0 Å². The molecule has 2 rings (SSSR count). The van der Waals surface area contributed by atoms with Crippen LogP contribution in [0.4, 0.5) is 4.79 Å². The summed E-state index contributed by atoms with van der Waals surface area (Å²) in [5, 5.41) is 16.1. The van der Waals surface area contributed by atoms with Crippen LogP contribution in [0.1, 0.15) is 11.3 Å². The van der Waals surface area contributed by atoms with Crippen molar-refractivity contribution in [2.45, 2.75) is 27.0 Å². The Kier molecular flexibility index (Phi) is 7.34. The highest BCUT2D eigenvalue weighted by Gasteiger charge is 2.20. The van der Waals surface area contributed by atoms with E-state index in [9.17, 15) is 18.3 Å². The van der Waals surface area contributed by atoms with Gasteiger partial charge in [0, 0.05) is 15.5 Å². The number of hydrogen-bond donors (Lipinski definition) is 2. The quantitative estimate of drug-likeness (QED) is 0.281. The third-order valence-corrected chi connectivity index (χ3v) is 7.63. The summed E-state index contributed by atoms with van der Waals surface area (Å²) in [5.41, 5.74) is 6.56. The third-order valence-electron chi connectivity index (χ3n) is 3.18. The zero-order chi connectivity index (χ0) is 19.0. The lowest BCUT2D eigenvalue weighted by atomic mass is 10.4. The lowest BCUT2D eigenvalue weighted by molar-refractivity contribution is -0.251. The number of thioether (sulfide) groups is 1. The second kappa shape index (κ2) is 9.48. The molecule has 0 atom stereocenters. The lowest BCUT2D eigenvalue weighted by Gasteiger charge is -2.05. The molecule has 138 valence electrons. The molecule has 1 aromatic carbocycles. The van der Waals surface area contributed by atoms with Crippen LogP contribution in [0, 0.1) is 5.53 Å². The van der Waals surface area contributed by atoms with Crippen LogP contribution in [0.5, 0.6) is 0 Å². The van der Waals surface area contributed by atoms with E-state index in [0.717, 1.165) is 28.4 Å². The fraction of sp³-hybridized carbons (Fsp3) is 0.267. The fourth-order valence-electron chi connectivity index (χ4n) is 1.96. The smallest absolute Gasteiger partial charge is 0.215 e. The SMILES string of the molecule is N=[N+]=NCCCSc1ccc(S(=O)(=O)c2ccc(CNC(=O)[O-])s2)cc1. The van der Waals surface area contributed by atoms with Crippen LogP contribution in [-0.2, 0) is 16.4 Å². The van der Waals surface area contributed by atoms with E-state index in [4.69, 9.17) is 5.53 Å². The van der Waals surface area contributed by atoms with Crippen molar-refractivity contribution in [2.24, 2.45) is 5.11 Å². The van der Waals surface area contributed by atoms with Gasteiger partial charge in [-0.05, 0) is 42.8 Å². The predicted octanol–water partition coefficient (Wildman–Crippen LogP) is 2.05. The molecule has 0 aliphatic rings. The Morgan fingerprint density at radius 2 is 2.00 bits per heavy atom. The van der Waals surface area contributed by atoms with E-state index in [1.54, 1.807) is 42.1 Å². The number of nitrogens with one attached hydrogen (secondary N) is 2. The Morgan fingerprint density at radius 1 is 1.27 bits per heavy atom. The molecule has 0 spiro atoms. The first-order valence-electron chi connectivity index (χ1n) is 7.48. The number of nitrogens with zero attached hydrogens (tertiary/aromatic N) is 2. The van der Waals surface area contributed by atoms with Crippen LogP contribution in [0.25, 0.3) is 0 Å². The summed E-state index contributed by atoms with van der Waals surface area (Å²) in [6.45, 7) is 0.508. The molecule has 0 unspecified atom stereocenters. The zero-order valence-corrected chi connectivity index (χ0v) is 16.0. The van der Waals surface area contributed by atoms with Gasteiger partial charge in [-0.3, -0.25) is 0 Å². The monoisotopic (exact) mass is 412 g/mol. The van der Waals surface area contributed by atoms with Gasteiger partial charge in [0.15, 0.2) is 0 Å². The molecule has 0 aliphatic carbocycles. The average Bonchev–Trinajstić information content (AvgIpc) is 3.10. The first kappa shape index (κ1) is 20.1. The molecule has 0 aliphatic heterocycles. The van der Waals surface area contributed by atoms with Crippen LogP contribution in [0.2, 0.25) is 0 Å². The molecule has 2 N–H and O–H groups in total. The molecule has 2 aromatic rings. The second-order valence-corrected chi connectivity index (χ2v) is 9.52. The van der Waals surface area contributed by atoms with Gasteiger partial charge in [0.05, 0.1) is 11.4 Å². The van der Waals surface area contributed by atoms with Crippen molar-refractivity contribution in [1.29, 1.82) is 5.53 Å². The maximum atomic E-state index is 12.6. The molecule has 11 heteroatoms. The summed E-state index contributed by atoms with van der Waals surface area (Å²) in [6.07, 6.45) is -0.621. The van der Waals surface area contributed by atoms with Gasteiger partial charge >= 0.3 is 0 Å². The van der Waals surface area contributed by atoms with Crippen molar-refractivity contribution in [3.05, 3.63) is 41.3 Å². The topological polar surface area (TPSA) is 137 Å². The Balaban J connectivity index is 2.02. The fourth-order valence-corrected chi connectivity index (χ4v) is 5.50. The lowest BCUT2D eigenvalue weighted by Crippen LogP contribution is -2.35. The highest BCUT2D eigenvalue weighted by Crippen LogP contribution is 2.29. The van der Waals surface area contributed by atoms with Gasteiger partial charge in [0.25, 0.3) is 0 Å². The molecule has 1 heterocycles. The number of amides is 1. The minimum absolute atomic E-state index is 0.0118. The Labute approximate surface area is 158 Å². The standard InChI is InChI=1S/C15H16N4O4S3/c16-19-18-8-1-9-24-11-2-5-13(6-3-11)26(22,23)14-7-4-12(25-14)10-17-15(20)21/h2-7,16-17H,1,8-10H2. The Bertz CT molecular complexity index is 903. The summed E-state index contributed by atoms with van der Waals surface area (Å²) < 4.78 is 25.4. The molecule has 26 heavy (non-hydrogen) atoms.